The molecule has 32 heavy (non-hydrogen) atoms. The maximum atomic E-state index is 12.7. The van der Waals surface area contributed by atoms with Gasteiger partial charge in [0.05, 0.1) is 17.9 Å². The van der Waals surface area contributed by atoms with E-state index in [-0.39, 0.29) is 18.9 Å². The number of halogens is 1. The highest BCUT2D eigenvalue weighted by atomic mass is 35.5. The summed E-state index contributed by atoms with van der Waals surface area (Å²) in [4.78, 5) is 15.9. The Hall–Kier alpha value is -3.16. The molecular formula is C23H21ClN4O3S. The molecule has 0 aromatic heterocycles. The maximum absolute atomic E-state index is 12.7. The summed E-state index contributed by atoms with van der Waals surface area (Å²) in [6.07, 6.45) is 0.753. The molecule has 3 rings (SSSR count). The highest BCUT2D eigenvalue weighted by Gasteiger charge is 2.15. The van der Waals surface area contributed by atoms with Crippen molar-refractivity contribution in [3.05, 3.63) is 92.8 Å². The van der Waals surface area contributed by atoms with Crippen molar-refractivity contribution < 1.29 is 14.1 Å². The number of nitrogens with one attached hydrogen (secondary N) is 1. The van der Waals surface area contributed by atoms with Crippen LogP contribution in [0.5, 0.6) is 11.5 Å². The molecular weight excluding hydrogens is 448 g/mol. The van der Waals surface area contributed by atoms with Crippen LogP contribution in [-0.2, 0) is 24.2 Å². The van der Waals surface area contributed by atoms with Crippen LogP contribution in [0.3, 0.4) is 0 Å². The van der Waals surface area contributed by atoms with Crippen LogP contribution in [0.2, 0.25) is 5.02 Å². The van der Waals surface area contributed by atoms with Gasteiger partial charge >= 0.3 is 0 Å². The van der Waals surface area contributed by atoms with E-state index < -0.39 is 0 Å². The lowest BCUT2D eigenvalue weighted by molar-refractivity contribution is -0.115. The van der Waals surface area contributed by atoms with E-state index in [0.717, 1.165) is 16.7 Å². The number of hydrogen-bond donors (Lipinski definition) is 2. The van der Waals surface area contributed by atoms with E-state index in [2.05, 4.69) is 15.3 Å². The number of benzene rings is 3. The fraction of sp³-hybridized carbons (Fsp3) is 0.174. The quantitative estimate of drug-likeness (QED) is 0.149. The Morgan fingerprint density at radius 1 is 1.16 bits per heavy atom. The monoisotopic (exact) mass is 468 g/mol. The van der Waals surface area contributed by atoms with Crippen molar-refractivity contribution in [1.29, 1.82) is 0 Å². The summed E-state index contributed by atoms with van der Waals surface area (Å²) in [6, 6.07) is 17.8. The van der Waals surface area contributed by atoms with Gasteiger partial charge in [-0.15, -0.1) is 0 Å². The molecule has 0 aliphatic heterocycles. The number of carbonyl (C=O) groups excluding carboxylic acids is 1. The summed E-state index contributed by atoms with van der Waals surface area (Å²) in [5.74, 6) is 0.841. The van der Waals surface area contributed by atoms with Crippen LogP contribution in [0.4, 0.5) is 5.69 Å². The highest BCUT2D eigenvalue weighted by molar-refractivity contribution is 7.93. The first-order chi connectivity index (χ1) is 15.5. The van der Waals surface area contributed by atoms with Gasteiger partial charge in [-0.2, -0.15) is 0 Å². The minimum absolute atomic E-state index is 0.126. The van der Waals surface area contributed by atoms with Crippen LogP contribution >= 0.6 is 23.6 Å². The van der Waals surface area contributed by atoms with Gasteiger partial charge in [0.15, 0.2) is 0 Å². The van der Waals surface area contributed by atoms with E-state index in [1.807, 2.05) is 37.3 Å². The Morgan fingerprint density at radius 2 is 1.94 bits per heavy atom. The molecule has 0 spiro atoms. The van der Waals surface area contributed by atoms with Gasteiger partial charge in [0.2, 0.25) is 5.91 Å². The molecule has 3 aromatic carbocycles. The average Bonchev–Trinajstić information content (AvgIpc) is 2.79. The first-order valence-electron chi connectivity index (χ1n) is 9.83. The molecule has 0 atom stereocenters. The number of azide groups is 1. The van der Waals surface area contributed by atoms with Crippen molar-refractivity contribution in [2.24, 2.45) is 5.11 Å². The van der Waals surface area contributed by atoms with Gasteiger partial charge in [-0.3, -0.25) is 4.79 Å². The van der Waals surface area contributed by atoms with Gasteiger partial charge in [0.1, 0.15) is 11.5 Å². The van der Waals surface area contributed by atoms with E-state index in [1.165, 1.54) is 0 Å². The third-order valence-electron chi connectivity index (χ3n) is 4.68. The summed E-state index contributed by atoms with van der Waals surface area (Å²) in [6.45, 7) is 2.14. The van der Waals surface area contributed by atoms with Crippen LogP contribution in [0.1, 0.15) is 23.6 Å². The zero-order valence-corrected chi connectivity index (χ0v) is 18.9. The first-order valence-corrected chi connectivity index (χ1v) is 11.0. The number of hydrogen-bond acceptors (Lipinski definition) is 5. The summed E-state index contributed by atoms with van der Waals surface area (Å²) >= 11 is 6.59. The van der Waals surface area contributed by atoms with Crippen LogP contribution < -0.4 is 10.1 Å². The van der Waals surface area contributed by atoms with Crippen LogP contribution in [-0.4, -0.2) is 10.5 Å². The number of ether oxygens (including phenoxy) is 1. The van der Waals surface area contributed by atoms with Crippen LogP contribution in [0.15, 0.2) is 70.7 Å². The van der Waals surface area contributed by atoms with Gasteiger partial charge in [0.25, 0.3) is 0 Å². The molecule has 9 heteroatoms. The zero-order valence-electron chi connectivity index (χ0n) is 17.3. The minimum atomic E-state index is -0.224. The molecule has 3 aromatic rings. The topological polar surface area (TPSA) is 107 Å². The molecule has 164 valence electrons. The smallest absolute Gasteiger partial charge is 0.228 e. The van der Waals surface area contributed by atoms with Crippen molar-refractivity contribution in [2.45, 2.75) is 31.2 Å². The number of anilines is 1. The fourth-order valence-corrected chi connectivity index (χ4v) is 3.81. The molecule has 0 bridgehead atoms. The molecule has 0 saturated heterocycles. The van der Waals surface area contributed by atoms with Gasteiger partial charge in [-0.05, 0) is 59.0 Å². The van der Waals surface area contributed by atoms with Gasteiger partial charge in [0, 0.05) is 27.7 Å². The van der Waals surface area contributed by atoms with Crippen LogP contribution in [0.25, 0.3) is 10.4 Å². The number of nitrogens with zero attached hydrogens (tertiary/aromatic N) is 3. The lowest BCUT2D eigenvalue weighted by Crippen LogP contribution is -2.15. The van der Waals surface area contributed by atoms with Gasteiger partial charge < -0.3 is 14.6 Å². The molecule has 0 unspecified atom stereocenters. The second-order valence-corrected chi connectivity index (χ2v) is 7.91. The van der Waals surface area contributed by atoms with E-state index in [0.29, 0.717) is 45.6 Å². The Kier molecular flexibility index (Phi) is 8.41. The second kappa shape index (κ2) is 11.5. The van der Waals surface area contributed by atoms with E-state index in [9.17, 15) is 9.35 Å². The molecule has 1 amide bonds. The predicted octanol–water partition coefficient (Wildman–Crippen LogP) is 7.25. The Bertz CT molecular complexity index is 1140. The summed E-state index contributed by atoms with van der Waals surface area (Å²) in [5.41, 5.74) is 11.5. The predicted molar refractivity (Wildman–Crippen MR) is 127 cm³/mol. The molecule has 2 N–H and O–H groups in total. The summed E-state index contributed by atoms with van der Waals surface area (Å²) < 4.78 is 15.8. The number of carbonyl (C=O) groups is 1. The fourth-order valence-electron chi connectivity index (χ4n) is 3.20. The third-order valence-corrected chi connectivity index (χ3v) is 5.42. The van der Waals surface area contributed by atoms with Gasteiger partial charge in [-0.1, -0.05) is 54.0 Å². The highest BCUT2D eigenvalue weighted by Crippen LogP contribution is 2.38. The maximum Gasteiger partial charge on any atom is 0.228 e. The van der Waals surface area contributed by atoms with E-state index in [1.54, 1.807) is 30.3 Å². The largest absolute Gasteiger partial charge is 0.456 e. The molecule has 0 heterocycles. The van der Waals surface area contributed by atoms with Crippen LogP contribution in [0, 0.1) is 0 Å². The molecule has 0 saturated carbocycles. The standard InChI is InChI=1S/C23H21ClN4O3S/c1-2-15-10-19(13-21(32-30)23(15)31-20-9-5-8-18(24)12-20)27-22(29)11-16-6-3-4-7-17(16)14-26-28-25/h3-10,12-13,30H,2,11,14H2,1H3,(H,27,29). The summed E-state index contributed by atoms with van der Waals surface area (Å²) in [5, 5.41) is 7.01. The van der Waals surface area contributed by atoms with Crippen molar-refractivity contribution in [3.63, 3.8) is 0 Å². The Morgan fingerprint density at radius 3 is 2.62 bits per heavy atom. The molecule has 0 aliphatic rings. The zero-order chi connectivity index (χ0) is 22.9. The second-order valence-electron chi connectivity index (χ2n) is 6.85. The molecule has 0 radical (unpaired) electrons. The van der Waals surface area contributed by atoms with Crippen molar-refractivity contribution >= 4 is 35.2 Å². The lowest BCUT2D eigenvalue weighted by Gasteiger charge is -2.16. The van der Waals surface area contributed by atoms with Crippen molar-refractivity contribution in [1.82, 2.24) is 0 Å². The first kappa shape index (κ1) is 23.5. The Labute approximate surface area is 195 Å². The van der Waals surface area contributed by atoms with Crippen molar-refractivity contribution in [3.8, 4) is 11.5 Å². The SMILES string of the molecule is CCc1cc(NC(=O)Cc2ccccc2CN=[N+]=[N-])cc(SO)c1Oc1cccc(Cl)c1. The third kappa shape index (κ3) is 6.18. The molecule has 0 fully saturated rings. The lowest BCUT2D eigenvalue weighted by atomic mass is 10.0. The number of aryl methyl sites for hydroxylation is 1. The minimum Gasteiger partial charge on any atom is -0.456 e. The van der Waals surface area contributed by atoms with E-state index in [4.69, 9.17) is 21.9 Å². The number of amides is 1. The average molecular weight is 469 g/mol. The number of rotatable bonds is 9. The molecule has 0 aliphatic carbocycles. The normalized spacial score (nSPS) is 10.3. The Balaban J connectivity index is 1.81. The van der Waals surface area contributed by atoms with Gasteiger partial charge in [-0.25, -0.2) is 0 Å². The molecule has 7 nitrogen and oxygen atoms in total. The van der Waals surface area contributed by atoms with E-state index >= 15 is 0 Å². The summed E-state index contributed by atoms with van der Waals surface area (Å²) in [7, 11) is 0. The van der Waals surface area contributed by atoms with Crippen molar-refractivity contribution in [2.75, 3.05) is 5.32 Å².